The summed E-state index contributed by atoms with van der Waals surface area (Å²) in [5.74, 6) is -6.24. The van der Waals surface area contributed by atoms with Gasteiger partial charge in [-0.15, -0.1) is 0 Å². The molecule has 0 heterocycles. The van der Waals surface area contributed by atoms with Gasteiger partial charge in [-0.1, -0.05) is 55.4 Å². The Labute approximate surface area is 349 Å². The minimum absolute atomic E-state index is 0.00513. The number of amides is 8. The first-order valence-corrected chi connectivity index (χ1v) is 20.0. The van der Waals surface area contributed by atoms with Crippen LogP contribution < -0.4 is 42.5 Å². The van der Waals surface area contributed by atoms with Crippen molar-refractivity contribution < 1.29 is 52.6 Å². The molecule has 0 rings (SSSR count). The normalized spacial score (nSPS) is 14.0. The van der Waals surface area contributed by atoms with E-state index in [1.165, 1.54) is 34.8 Å². The van der Waals surface area contributed by atoms with Gasteiger partial charge in [0.2, 0.25) is 41.4 Å². The van der Waals surface area contributed by atoms with Gasteiger partial charge in [-0.05, 0) is 85.0 Å². The molecule has 338 valence electrons. The van der Waals surface area contributed by atoms with Crippen molar-refractivity contribution >= 4 is 53.4 Å². The number of methoxy groups -OCH3 is 1. The van der Waals surface area contributed by atoms with Gasteiger partial charge in [0.15, 0.2) is 0 Å². The lowest BCUT2D eigenvalue weighted by molar-refractivity contribution is -0.147. The highest BCUT2D eigenvalue weighted by molar-refractivity contribution is 5.98. The molecule has 4 atom stereocenters. The Morgan fingerprint density at radius 1 is 0.508 bits per heavy atom. The molecule has 0 saturated carbocycles. The van der Waals surface area contributed by atoms with Crippen molar-refractivity contribution in [3.05, 3.63) is 0 Å². The standard InChI is InChI=1S/C40H72N8O11/c1-21(2)17-25(31(51)47-40(14,15)36(56)46-30(24(7)8)34(54)58-16)43-28(50)20-41-27(49)19-42-33(53)29(23(5)6)45-35(55)39(12,13)48-32(52)26(18-22(3)4)44-37(57)59-38(9,10)11/h21-26,29-30H,17-20H2,1-16H3,(H,41,49)(H,42,53)(H,43,50)(H,44,57)(H,45,55)(H,46,56)(H,47,51)(H,48,52)/t25-,26-,29-,30-/m0/s1. The van der Waals surface area contributed by atoms with Gasteiger partial charge in [-0.2, -0.15) is 0 Å². The zero-order valence-electron chi connectivity index (χ0n) is 37.9. The van der Waals surface area contributed by atoms with Crippen LogP contribution >= 0.6 is 0 Å². The highest BCUT2D eigenvalue weighted by Gasteiger charge is 2.38. The summed E-state index contributed by atoms with van der Waals surface area (Å²) in [6, 6.07) is -4.17. The Morgan fingerprint density at radius 2 is 0.915 bits per heavy atom. The fourth-order valence-corrected chi connectivity index (χ4v) is 5.33. The van der Waals surface area contributed by atoms with E-state index in [1.807, 2.05) is 27.7 Å². The van der Waals surface area contributed by atoms with Crippen LogP contribution in [0, 0.1) is 23.7 Å². The molecule has 0 unspecified atom stereocenters. The summed E-state index contributed by atoms with van der Waals surface area (Å²) in [4.78, 5) is 116. The van der Waals surface area contributed by atoms with E-state index < -0.39 is 113 Å². The van der Waals surface area contributed by atoms with Crippen LogP contribution in [-0.2, 0) is 47.8 Å². The molecule has 8 amide bonds. The highest BCUT2D eigenvalue weighted by Crippen LogP contribution is 2.14. The monoisotopic (exact) mass is 841 g/mol. The van der Waals surface area contributed by atoms with Crippen LogP contribution in [0.5, 0.6) is 0 Å². The molecule has 0 bridgehead atoms. The van der Waals surface area contributed by atoms with Crippen molar-refractivity contribution in [2.75, 3.05) is 20.2 Å². The molecule has 0 spiro atoms. The van der Waals surface area contributed by atoms with Crippen molar-refractivity contribution in [1.29, 1.82) is 0 Å². The van der Waals surface area contributed by atoms with E-state index in [2.05, 4.69) is 42.5 Å². The Hall–Kier alpha value is -4.97. The van der Waals surface area contributed by atoms with Crippen molar-refractivity contribution in [3.63, 3.8) is 0 Å². The summed E-state index contributed by atoms with van der Waals surface area (Å²) in [5.41, 5.74) is -3.82. The van der Waals surface area contributed by atoms with Gasteiger partial charge < -0.3 is 52.0 Å². The Bertz CT molecular complexity index is 1500. The number of esters is 1. The smallest absolute Gasteiger partial charge is 0.408 e. The Balaban J connectivity index is 5.45. The van der Waals surface area contributed by atoms with Gasteiger partial charge >= 0.3 is 12.1 Å². The number of nitrogens with one attached hydrogen (secondary N) is 8. The maximum absolute atomic E-state index is 13.4. The molecule has 0 aliphatic rings. The third kappa shape index (κ3) is 20.5. The first-order chi connectivity index (χ1) is 26.8. The second kappa shape index (κ2) is 23.6. The average molecular weight is 841 g/mol. The second-order valence-electron chi connectivity index (χ2n) is 18.2. The molecule has 8 N–H and O–H groups in total. The summed E-state index contributed by atoms with van der Waals surface area (Å²) >= 11 is 0. The van der Waals surface area contributed by atoms with E-state index in [0.717, 1.165) is 0 Å². The molecule has 59 heavy (non-hydrogen) atoms. The number of carbonyl (C=O) groups excluding carboxylic acids is 9. The van der Waals surface area contributed by atoms with Crippen LogP contribution in [0.1, 0.15) is 117 Å². The molecule has 0 aromatic carbocycles. The number of rotatable bonds is 22. The molecular formula is C40H72N8O11. The first-order valence-electron chi connectivity index (χ1n) is 20.0. The van der Waals surface area contributed by atoms with Gasteiger partial charge in [0, 0.05) is 0 Å². The van der Waals surface area contributed by atoms with Crippen LogP contribution in [-0.4, -0.2) is 114 Å². The fourth-order valence-electron chi connectivity index (χ4n) is 5.33. The highest BCUT2D eigenvalue weighted by atomic mass is 16.6. The number of ether oxygens (including phenoxy) is 2. The quantitative estimate of drug-likeness (QED) is 0.0711. The largest absolute Gasteiger partial charge is 0.467 e. The predicted molar refractivity (Wildman–Crippen MR) is 220 cm³/mol. The molecule has 19 heteroatoms. The minimum Gasteiger partial charge on any atom is -0.467 e. The lowest BCUT2D eigenvalue weighted by Crippen LogP contribution is -2.62. The molecule has 0 aromatic rings. The zero-order chi connectivity index (χ0) is 46.2. The second-order valence-corrected chi connectivity index (χ2v) is 18.2. The van der Waals surface area contributed by atoms with Gasteiger partial charge in [0.25, 0.3) is 0 Å². The molecule has 0 fully saturated rings. The van der Waals surface area contributed by atoms with Crippen LogP contribution in [0.3, 0.4) is 0 Å². The summed E-state index contributed by atoms with van der Waals surface area (Å²) in [5, 5.41) is 20.4. The van der Waals surface area contributed by atoms with E-state index in [0.29, 0.717) is 0 Å². The zero-order valence-corrected chi connectivity index (χ0v) is 37.9. The summed E-state index contributed by atoms with van der Waals surface area (Å²) < 4.78 is 10.1. The maximum atomic E-state index is 13.4. The van der Waals surface area contributed by atoms with E-state index >= 15 is 0 Å². The van der Waals surface area contributed by atoms with Crippen LogP contribution in [0.2, 0.25) is 0 Å². The van der Waals surface area contributed by atoms with E-state index in [-0.39, 0.29) is 30.6 Å². The van der Waals surface area contributed by atoms with Crippen molar-refractivity contribution in [2.24, 2.45) is 23.7 Å². The summed E-state index contributed by atoms with van der Waals surface area (Å²) in [6.45, 7) is 23.9. The lowest BCUT2D eigenvalue weighted by Gasteiger charge is -2.31. The topological polar surface area (TPSA) is 268 Å². The molecule has 0 radical (unpaired) electrons. The fraction of sp³-hybridized carbons (Fsp3) is 0.775. The SMILES string of the molecule is COC(=O)[C@@H](NC(=O)C(C)(C)NC(=O)[C@H](CC(C)C)NC(=O)CNC(=O)CNC(=O)[C@@H](NC(=O)C(C)(C)NC(=O)[C@H](CC(C)C)NC(=O)OC(C)(C)C)C(C)C)C(C)C. The Morgan fingerprint density at radius 3 is 1.31 bits per heavy atom. The minimum atomic E-state index is -1.53. The number of carbonyl (C=O) groups is 9. The number of hydrogen-bond acceptors (Lipinski definition) is 11. The van der Waals surface area contributed by atoms with Crippen LogP contribution in [0.4, 0.5) is 4.79 Å². The summed E-state index contributed by atoms with van der Waals surface area (Å²) in [6.07, 6.45) is -0.335. The van der Waals surface area contributed by atoms with E-state index in [1.54, 1.807) is 48.5 Å². The summed E-state index contributed by atoms with van der Waals surface area (Å²) in [7, 11) is 1.20. The number of hydrogen-bond donors (Lipinski definition) is 8. The van der Waals surface area contributed by atoms with Crippen molar-refractivity contribution in [1.82, 2.24) is 42.5 Å². The van der Waals surface area contributed by atoms with E-state index in [4.69, 9.17) is 9.47 Å². The third-order valence-corrected chi connectivity index (χ3v) is 8.59. The molecular weight excluding hydrogens is 768 g/mol. The first kappa shape index (κ1) is 54.0. The third-order valence-electron chi connectivity index (χ3n) is 8.59. The van der Waals surface area contributed by atoms with Crippen LogP contribution in [0.25, 0.3) is 0 Å². The molecule has 0 aliphatic heterocycles. The molecule has 0 aromatic heterocycles. The van der Waals surface area contributed by atoms with Gasteiger partial charge in [0.05, 0.1) is 20.2 Å². The van der Waals surface area contributed by atoms with Crippen molar-refractivity contribution in [3.8, 4) is 0 Å². The van der Waals surface area contributed by atoms with E-state index in [9.17, 15) is 43.2 Å². The maximum Gasteiger partial charge on any atom is 0.408 e. The Kier molecular flexibility index (Phi) is 21.6. The molecule has 19 nitrogen and oxygen atoms in total. The lowest BCUT2D eigenvalue weighted by atomic mass is 9.97. The average Bonchev–Trinajstić information content (AvgIpc) is 3.07. The van der Waals surface area contributed by atoms with Crippen LogP contribution in [0.15, 0.2) is 0 Å². The van der Waals surface area contributed by atoms with Gasteiger partial charge in [-0.25, -0.2) is 9.59 Å². The number of alkyl carbamates (subject to hydrolysis) is 1. The van der Waals surface area contributed by atoms with Gasteiger partial charge in [-0.3, -0.25) is 33.6 Å². The predicted octanol–water partition coefficient (Wildman–Crippen LogP) is 0.933. The van der Waals surface area contributed by atoms with Crippen molar-refractivity contribution in [2.45, 2.75) is 158 Å². The van der Waals surface area contributed by atoms with Gasteiger partial charge in [0.1, 0.15) is 40.8 Å². The molecule has 0 saturated heterocycles. The molecule has 0 aliphatic carbocycles.